The van der Waals surface area contributed by atoms with Crippen LogP contribution in [-0.2, 0) is 5.41 Å². The Bertz CT molecular complexity index is 2220. The van der Waals surface area contributed by atoms with Crippen molar-refractivity contribution in [3.63, 3.8) is 0 Å². The van der Waals surface area contributed by atoms with Gasteiger partial charge in [-0.3, -0.25) is 0 Å². The summed E-state index contributed by atoms with van der Waals surface area (Å²) in [5.41, 5.74) is 13.0. The van der Waals surface area contributed by atoms with Gasteiger partial charge in [0.2, 0.25) is 0 Å². The molecule has 6 aromatic carbocycles. The average molecular weight is 628 g/mol. The highest BCUT2D eigenvalue weighted by molar-refractivity contribution is 7.22. The number of hydrogen-bond donors (Lipinski definition) is 0. The van der Waals surface area contributed by atoms with Gasteiger partial charge in [-0.25, -0.2) is 9.97 Å². The van der Waals surface area contributed by atoms with Crippen LogP contribution in [0.4, 0.5) is 17.1 Å². The van der Waals surface area contributed by atoms with Gasteiger partial charge in [-0.05, 0) is 107 Å². The van der Waals surface area contributed by atoms with Crippen molar-refractivity contribution in [3.05, 3.63) is 151 Å². The summed E-state index contributed by atoms with van der Waals surface area (Å²) in [4.78, 5) is 12.2. The molecular formula is C41H29N3S2. The Morgan fingerprint density at radius 3 is 1.52 bits per heavy atom. The number of para-hydroxylation sites is 2. The van der Waals surface area contributed by atoms with Gasteiger partial charge < -0.3 is 4.90 Å². The highest BCUT2D eigenvalue weighted by Crippen LogP contribution is 2.50. The molecule has 0 amide bonds. The summed E-state index contributed by atoms with van der Waals surface area (Å²) in [5, 5.41) is 2.08. The van der Waals surface area contributed by atoms with Crippen LogP contribution in [-0.4, -0.2) is 9.97 Å². The first kappa shape index (κ1) is 27.2. The number of fused-ring (bicyclic) bond motifs is 5. The van der Waals surface area contributed by atoms with E-state index in [1.54, 1.807) is 22.7 Å². The normalized spacial score (nSPS) is 13.2. The second-order valence-corrected chi connectivity index (χ2v) is 14.4. The average Bonchev–Trinajstić information content (AvgIpc) is 3.79. The number of anilines is 3. The molecule has 0 fully saturated rings. The summed E-state index contributed by atoms with van der Waals surface area (Å²) in [7, 11) is 0. The number of aromatic nitrogens is 2. The van der Waals surface area contributed by atoms with E-state index in [-0.39, 0.29) is 5.41 Å². The molecule has 0 spiro atoms. The Balaban J connectivity index is 1.14. The summed E-state index contributed by atoms with van der Waals surface area (Å²) in [6.07, 6.45) is 0. The molecule has 0 saturated carbocycles. The zero-order chi connectivity index (χ0) is 30.8. The largest absolute Gasteiger partial charge is 0.310 e. The summed E-state index contributed by atoms with van der Waals surface area (Å²) in [6.45, 7) is 4.68. The lowest BCUT2D eigenvalue weighted by Crippen LogP contribution is -2.16. The summed E-state index contributed by atoms with van der Waals surface area (Å²) >= 11 is 3.47. The van der Waals surface area contributed by atoms with E-state index >= 15 is 0 Å². The molecule has 2 heterocycles. The van der Waals surface area contributed by atoms with Gasteiger partial charge in [0.15, 0.2) is 0 Å². The molecule has 220 valence electrons. The molecule has 9 rings (SSSR count). The molecule has 46 heavy (non-hydrogen) atoms. The molecule has 1 aliphatic rings. The summed E-state index contributed by atoms with van der Waals surface area (Å²) < 4.78 is 2.41. The number of benzene rings is 6. The van der Waals surface area contributed by atoms with Gasteiger partial charge in [-0.15, -0.1) is 22.7 Å². The van der Waals surface area contributed by atoms with Crippen LogP contribution in [0.5, 0.6) is 0 Å². The minimum atomic E-state index is -0.0823. The van der Waals surface area contributed by atoms with Crippen molar-refractivity contribution < 1.29 is 0 Å². The molecular weight excluding hydrogens is 599 g/mol. The Hall–Kier alpha value is -5.10. The maximum atomic E-state index is 4.90. The number of hydrogen-bond acceptors (Lipinski definition) is 5. The molecule has 0 aliphatic heterocycles. The van der Waals surface area contributed by atoms with Gasteiger partial charge >= 0.3 is 0 Å². The van der Waals surface area contributed by atoms with Crippen LogP contribution >= 0.6 is 22.7 Å². The number of thiazole rings is 2. The first-order chi connectivity index (χ1) is 22.5. The minimum Gasteiger partial charge on any atom is -0.310 e. The van der Waals surface area contributed by atoms with Crippen LogP contribution in [0.3, 0.4) is 0 Å². The summed E-state index contributed by atoms with van der Waals surface area (Å²) in [5.74, 6) is 0. The van der Waals surface area contributed by atoms with E-state index in [4.69, 9.17) is 9.97 Å². The first-order valence-electron chi connectivity index (χ1n) is 15.5. The third-order valence-electron chi connectivity index (χ3n) is 9.16. The van der Waals surface area contributed by atoms with Crippen molar-refractivity contribution in [1.82, 2.24) is 9.97 Å². The van der Waals surface area contributed by atoms with E-state index in [1.807, 2.05) is 12.1 Å². The van der Waals surface area contributed by atoms with E-state index in [0.717, 1.165) is 49.2 Å². The SMILES string of the molecule is CC1(C)c2ccccc2-c2ccc(N(c3ccc(-c4nc5ccccc5s4)cc3)c3ccc(-c4nc5ccccc5s4)cc3)cc21. The van der Waals surface area contributed by atoms with Gasteiger partial charge in [0, 0.05) is 33.6 Å². The highest BCUT2D eigenvalue weighted by atomic mass is 32.1. The van der Waals surface area contributed by atoms with Gasteiger partial charge in [0.1, 0.15) is 10.0 Å². The molecule has 1 aliphatic carbocycles. The van der Waals surface area contributed by atoms with Crippen molar-refractivity contribution in [3.8, 4) is 32.3 Å². The standard InChI is InChI=1S/C41H29N3S2/c1-41(2)33-10-4-3-9-31(33)32-24-23-30(25-34(32)41)44(28-19-15-26(16-20-28)39-42-35-11-5-7-13-37(35)45-39)29-21-17-27(18-22-29)40-43-36-12-6-8-14-38(36)46-40/h3-25H,1-2H3. The predicted octanol–water partition coefficient (Wildman–Crippen LogP) is 12.0. The van der Waals surface area contributed by atoms with Crippen molar-refractivity contribution in [1.29, 1.82) is 0 Å². The molecule has 0 bridgehead atoms. The van der Waals surface area contributed by atoms with Crippen molar-refractivity contribution in [2.45, 2.75) is 19.3 Å². The van der Waals surface area contributed by atoms with Gasteiger partial charge in [0.05, 0.1) is 20.4 Å². The van der Waals surface area contributed by atoms with E-state index in [2.05, 4.69) is 146 Å². The van der Waals surface area contributed by atoms with Crippen LogP contribution in [0, 0.1) is 0 Å². The Morgan fingerprint density at radius 1 is 0.478 bits per heavy atom. The molecule has 3 nitrogen and oxygen atoms in total. The highest BCUT2D eigenvalue weighted by Gasteiger charge is 2.35. The lowest BCUT2D eigenvalue weighted by molar-refractivity contribution is 0.660. The quantitative estimate of drug-likeness (QED) is 0.190. The Morgan fingerprint density at radius 2 is 0.957 bits per heavy atom. The lowest BCUT2D eigenvalue weighted by atomic mass is 9.82. The topological polar surface area (TPSA) is 29.0 Å². The van der Waals surface area contributed by atoms with E-state index in [9.17, 15) is 0 Å². The molecule has 0 radical (unpaired) electrons. The third kappa shape index (κ3) is 4.38. The van der Waals surface area contributed by atoms with Crippen LogP contribution in [0.2, 0.25) is 0 Å². The van der Waals surface area contributed by atoms with Crippen LogP contribution < -0.4 is 4.90 Å². The van der Waals surface area contributed by atoms with Crippen LogP contribution in [0.25, 0.3) is 52.7 Å². The Labute approximate surface area is 276 Å². The third-order valence-corrected chi connectivity index (χ3v) is 11.3. The number of rotatable bonds is 5. The van der Waals surface area contributed by atoms with Crippen molar-refractivity contribution in [2.24, 2.45) is 0 Å². The maximum absolute atomic E-state index is 4.90. The summed E-state index contributed by atoms with van der Waals surface area (Å²) in [6, 6.07) is 50.1. The fraction of sp³-hybridized carbons (Fsp3) is 0.0732. The molecule has 5 heteroatoms. The van der Waals surface area contributed by atoms with Crippen molar-refractivity contribution in [2.75, 3.05) is 4.90 Å². The zero-order valence-electron chi connectivity index (χ0n) is 25.4. The first-order valence-corrected chi connectivity index (χ1v) is 17.1. The van der Waals surface area contributed by atoms with Gasteiger partial charge in [0.25, 0.3) is 0 Å². The lowest BCUT2D eigenvalue weighted by Gasteiger charge is -2.28. The fourth-order valence-electron chi connectivity index (χ4n) is 6.78. The monoisotopic (exact) mass is 627 g/mol. The van der Waals surface area contributed by atoms with Crippen LogP contribution in [0.1, 0.15) is 25.0 Å². The molecule has 2 aromatic heterocycles. The van der Waals surface area contributed by atoms with Gasteiger partial charge in [-0.2, -0.15) is 0 Å². The second kappa shape index (κ2) is 10.5. The maximum Gasteiger partial charge on any atom is 0.124 e. The second-order valence-electron chi connectivity index (χ2n) is 12.3. The Kier molecular flexibility index (Phi) is 6.20. The number of nitrogens with zero attached hydrogens (tertiary/aromatic N) is 3. The van der Waals surface area contributed by atoms with E-state index in [0.29, 0.717) is 0 Å². The smallest absolute Gasteiger partial charge is 0.124 e. The van der Waals surface area contributed by atoms with E-state index in [1.165, 1.54) is 31.7 Å². The minimum absolute atomic E-state index is 0.0823. The van der Waals surface area contributed by atoms with E-state index < -0.39 is 0 Å². The van der Waals surface area contributed by atoms with Crippen molar-refractivity contribution >= 4 is 60.2 Å². The van der Waals surface area contributed by atoms with Crippen LogP contribution in [0.15, 0.2) is 140 Å². The van der Waals surface area contributed by atoms with Gasteiger partial charge in [-0.1, -0.05) is 68.4 Å². The molecule has 0 unspecified atom stereocenters. The zero-order valence-corrected chi connectivity index (χ0v) is 27.1. The molecule has 0 saturated heterocycles. The fourth-order valence-corrected chi connectivity index (χ4v) is 8.72. The molecule has 0 N–H and O–H groups in total. The predicted molar refractivity (Wildman–Crippen MR) is 196 cm³/mol. The molecule has 0 atom stereocenters. The molecule has 8 aromatic rings.